The van der Waals surface area contributed by atoms with Crippen molar-refractivity contribution in [2.45, 2.75) is 25.4 Å². The van der Waals surface area contributed by atoms with Gasteiger partial charge in [-0.3, -0.25) is 9.69 Å². The highest BCUT2D eigenvalue weighted by molar-refractivity contribution is 7.91. The zero-order chi connectivity index (χ0) is 15.0. The first-order chi connectivity index (χ1) is 9.94. The molecule has 3 heterocycles. The van der Waals surface area contributed by atoms with Crippen molar-refractivity contribution >= 4 is 27.1 Å². The molecular weight excluding hydrogens is 308 g/mol. The standard InChI is InChI=1S/C14H20N2O3S2/c1-15(12-4-7-21(18,19)10-12)9-14(17)16-5-2-13-11(8-16)3-6-20-13/h3,6,12H,2,4-5,7-10H2,1H3. The molecule has 7 heteroatoms. The summed E-state index contributed by atoms with van der Waals surface area (Å²) < 4.78 is 23.0. The highest BCUT2D eigenvalue weighted by Crippen LogP contribution is 2.24. The summed E-state index contributed by atoms with van der Waals surface area (Å²) in [7, 11) is -1.05. The summed E-state index contributed by atoms with van der Waals surface area (Å²) in [6.07, 6.45) is 1.57. The zero-order valence-electron chi connectivity index (χ0n) is 12.1. The van der Waals surface area contributed by atoms with Gasteiger partial charge in [0, 0.05) is 24.0 Å². The first-order valence-corrected chi connectivity index (χ1v) is 9.88. The van der Waals surface area contributed by atoms with Crippen molar-refractivity contribution < 1.29 is 13.2 Å². The molecule has 1 atom stereocenters. The number of thiophene rings is 1. The average molecular weight is 328 g/mol. The lowest BCUT2D eigenvalue weighted by Gasteiger charge is -2.30. The molecule has 2 aliphatic rings. The summed E-state index contributed by atoms with van der Waals surface area (Å²) in [6.45, 7) is 1.76. The van der Waals surface area contributed by atoms with Crippen LogP contribution in [-0.4, -0.2) is 61.8 Å². The molecule has 116 valence electrons. The maximum atomic E-state index is 12.4. The van der Waals surface area contributed by atoms with Crippen LogP contribution in [-0.2, 0) is 27.6 Å². The zero-order valence-corrected chi connectivity index (χ0v) is 13.8. The van der Waals surface area contributed by atoms with Crippen LogP contribution in [0.1, 0.15) is 16.9 Å². The van der Waals surface area contributed by atoms with Crippen molar-refractivity contribution in [3.05, 3.63) is 21.9 Å². The van der Waals surface area contributed by atoms with Gasteiger partial charge in [-0.05, 0) is 36.9 Å². The van der Waals surface area contributed by atoms with Crippen molar-refractivity contribution in [2.24, 2.45) is 0 Å². The highest BCUT2D eigenvalue weighted by Gasteiger charge is 2.32. The number of hydrogen-bond donors (Lipinski definition) is 0. The molecule has 1 unspecified atom stereocenters. The van der Waals surface area contributed by atoms with E-state index in [0.29, 0.717) is 19.5 Å². The van der Waals surface area contributed by atoms with Crippen LogP contribution in [0, 0.1) is 0 Å². The van der Waals surface area contributed by atoms with Crippen LogP contribution in [0.3, 0.4) is 0 Å². The van der Waals surface area contributed by atoms with E-state index in [1.165, 1.54) is 10.4 Å². The van der Waals surface area contributed by atoms with E-state index in [2.05, 4.69) is 11.4 Å². The molecule has 3 rings (SSSR count). The van der Waals surface area contributed by atoms with E-state index in [9.17, 15) is 13.2 Å². The van der Waals surface area contributed by atoms with Crippen LogP contribution < -0.4 is 0 Å². The Morgan fingerprint density at radius 1 is 1.52 bits per heavy atom. The van der Waals surface area contributed by atoms with Crippen molar-refractivity contribution in [1.29, 1.82) is 0 Å². The molecular formula is C14H20N2O3S2. The summed E-state index contributed by atoms with van der Waals surface area (Å²) in [6, 6.07) is 2.08. The molecule has 1 aromatic rings. The van der Waals surface area contributed by atoms with Crippen molar-refractivity contribution in [2.75, 3.05) is 31.6 Å². The third-order valence-electron chi connectivity index (χ3n) is 4.38. The lowest BCUT2D eigenvalue weighted by atomic mass is 10.1. The Morgan fingerprint density at radius 2 is 2.33 bits per heavy atom. The molecule has 0 bridgehead atoms. The van der Waals surface area contributed by atoms with Crippen LogP contribution >= 0.6 is 11.3 Å². The molecule has 1 amide bonds. The molecule has 0 aliphatic carbocycles. The average Bonchev–Trinajstić information content (AvgIpc) is 3.03. The second kappa shape index (κ2) is 5.70. The number of rotatable bonds is 3. The maximum Gasteiger partial charge on any atom is 0.237 e. The van der Waals surface area contributed by atoms with Crippen LogP contribution in [0.2, 0.25) is 0 Å². The first kappa shape index (κ1) is 15.0. The molecule has 0 aromatic carbocycles. The maximum absolute atomic E-state index is 12.4. The van der Waals surface area contributed by atoms with Gasteiger partial charge in [0.15, 0.2) is 9.84 Å². The Morgan fingerprint density at radius 3 is 3.05 bits per heavy atom. The SMILES string of the molecule is CN(CC(=O)N1CCc2sccc2C1)C1CCS(=O)(=O)C1. The van der Waals surface area contributed by atoms with E-state index in [4.69, 9.17) is 0 Å². The van der Waals surface area contributed by atoms with Crippen LogP contribution in [0.25, 0.3) is 0 Å². The van der Waals surface area contributed by atoms with Crippen molar-refractivity contribution in [3.63, 3.8) is 0 Å². The number of nitrogens with zero attached hydrogens (tertiary/aromatic N) is 2. The second-order valence-corrected chi connectivity index (χ2v) is 9.14. The van der Waals surface area contributed by atoms with Crippen molar-refractivity contribution in [1.82, 2.24) is 9.80 Å². The second-order valence-electron chi connectivity index (χ2n) is 5.91. The van der Waals surface area contributed by atoms with E-state index in [1.807, 2.05) is 16.8 Å². The van der Waals surface area contributed by atoms with Gasteiger partial charge in [-0.15, -0.1) is 11.3 Å². The van der Waals surface area contributed by atoms with Gasteiger partial charge < -0.3 is 4.90 Å². The Hall–Kier alpha value is -0.920. The summed E-state index contributed by atoms with van der Waals surface area (Å²) in [5.41, 5.74) is 1.26. The molecule has 1 saturated heterocycles. The van der Waals surface area contributed by atoms with Gasteiger partial charge in [-0.2, -0.15) is 0 Å². The number of hydrogen-bond acceptors (Lipinski definition) is 5. The molecule has 0 saturated carbocycles. The number of likely N-dealkylation sites (N-methyl/N-ethyl adjacent to an activating group) is 1. The van der Waals surface area contributed by atoms with Crippen LogP contribution in [0.4, 0.5) is 0 Å². The minimum absolute atomic E-state index is 0.0135. The third-order valence-corrected chi connectivity index (χ3v) is 7.15. The van der Waals surface area contributed by atoms with E-state index < -0.39 is 9.84 Å². The Kier molecular flexibility index (Phi) is 4.07. The minimum atomic E-state index is -2.90. The third kappa shape index (κ3) is 3.30. The summed E-state index contributed by atoms with van der Waals surface area (Å²) in [5, 5.41) is 2.08. The van der Waals surface area contributed by atoms with E-state index in [-0.39, 0.29) is 23.5 Å². The molecule has 0 spiro atoms. The number of sulfone groups is 1. The molecule has 0 radical (unpaired) electrons. The smallest absolute Gasteiger partial charge is 0.237 e. The quantitative estimate of drug-likeness (QED) is 0.822. The minimum Gasteiger partial charge on any atom is -0.337 e. The molecule has 5 nitrogen and oxygen atoms in total. The normalized spacial score (nSPS) is 24.3. The number of fused-ring (bicyclic) bond motifs is 1. The number of carbonyl (C=O) groups is 1. The number of amides is 1. The molecule has 2 aliphatic heterocycles. The van der Waals surface area contributed by atoms with Crippen LogP contribution in [0.15, 0.2) is 11.4 Å². The molecule has 21 heavy (non-hydrogen) atoms. The van der Waals surface area contributed by atoms with Gasteiger partial charge in [0.25, 0.3) is 0 Å². The highest BCUT2D eigenvalue weighted by atomic mass is 32.2. The summed E-state index contributed by atoms with van der Waals surface area (Å²) >= 11 is 1.76. The van der Waals surface area contributed by atoms with Gasteiger partial charge >= 0.3 is 0 Å². The number of carbonyl (C=O) groups excluding carboxylic acids is 1. The summed E-state index contributed by atoms with van der Waals surface area (Å²) in [5.74, 6) is 0.530. The van der Waals surface area contributed by atoms with Gasteiger partial charge in [0.05, 0.1) is 18.1 Å². The van der Waals surface area contributed by atoms with E-state index in [1.54, 1.807) is 11.3 Å². The fourth-order valence-corrected chi connectivity index (χ4v) is 5.72. The monoisotopic (exact) mass is 328 g/mol. The van der Waals surface area contributed by atoms with E-state index in [0.717, 1.165) is 13.0 Å². The Bertz CT molecular complexity index is 638. The predicted octanol–water partition coefficient (Wildman–Crippen LogP) is 0.752. The van der Waals surface area contributed by atoms with Gasteiger partial charge in [0.1, 0.15) is 0 Å². The Balaban J connectivity index is 1.57. The lowest BCUT2D eigenvalue weighted by Crippen LogP contribution is -2.44. The molecule has 0 N–H and O–H groups in total. The summed E-state index contributed by atoms with van der Waals surface area (Å²) in [4.78, 5) is 17.6. The largest absolute Gasteiger partial charge is 0.337 e. The van der Waals surface area contributed by atoms with E-state index >= 15 is 0 Å². The molecule has 1 aromatic heterocycles. The Labute approximate surface area is 129 Å². The molecule has 1 fully saturated rings. The fraction of sp³-hybridized carbons (Fsp3) is 0.643. The fourth-order valence-electron chi connectivity index (χ4n) is 3.03. The topological polar surface area (TPSA) is 57.7 Å². The predicted molar refractivity (Wildman–Crippen MR) is 83.1 cm³/mol. The lowest BCUT2D eigenvalue weighted by molar-refractivity contribution is -0.133. The van der Waals surface area contributed by atoms with Gasteiger partial charge in [-0.25, -0.2) is 8.42 Å². The van der Waals surface area contributed by atoms with Gasteiger partial charge in [-0.1, -0.05) is 0 Å². The van der Waals surface area contributed by atoms with Gasteiger partial charge in [0.2, 0.25) is 5.91 Å². The van der Waals surface area contributed by atoms with Crippen molar-refractivity contribution in [3.8, 4) is 0 Å². The van der Waals surface area contributed by atoms with Crippen LogP contribution in [0.5, 0.6) is 0 Å². The first-order valence-electron chi connectivity index (χ1n) is 7.18.